The molecule has 11 nitrogen and oxygen atoms in total. The van der Waals surface area contributed by atoms with Crippen molar-refractivity contribution in [1.29, 1.82) is 0 Å². The molecule has 1 fully saturated rings. The molecular weight excluding hydrogens is 597 g/mol. The van der Waals surface area contributed by atoms with Crippen molar-refractivity contribution < 1.29 is 31.8 Å². The van der Waals surface area contributed by atoms with E-state index in [9.17, 15) is 27.0 Å². The Bertz CT molecular complexity index is 1640. The normalized spacial score (nSPS) is 17.2. The van der Waals surface area contributed by atoms with E-state index in [0.717, 1.165) is 16.7 Å². The number of hydrogen-bond donors (Lipinski definition) is 3. The molecule has 2 heterocycles. The number of β-lactam (4-membered cyclic amide) rings is 1. The highest BCUT2D eigenvalue weighted by atomic mass is 32.2. The molecule has 1 aliphatic heterocycles. The minimum atomic E-state index is -4.99. The third-order valence-corrected chi connectivity index (χ3v) is 8.63. The number of anilines is 1. The standard InChI is InChI=1S/C29H26FN5O6S2/c1-41-34-24(26(36)32-25-23(17-30)35(27(25)37)43(38,39)40)22-18-42-28(31-22)33-29(19-11-5-2-6-12-19,20-13-7-3-8-14-20)21-15-9-4-10-16-21/h2-16,18,23,25H,17H2,1H3,(H,31,33)(H,32,36)(H,38,39,40)/b34-24-. The SMILES string of the molecule is CO/N=C(\C(=O)NC1C(=O)N(S(=O)(=O)O)C1CF)c1csc(NC(c2ccccc2)(c2ccccc2)c2ccccc2)n1. The van der Waals surface area contributed by atoms with Crippen molar-refractivity contribution in [3.05, 3.63) is 119 Å². The summed E-state index contributed by atoms with van der Waals surface area (Å²) >= 11 is 1.19. The van der Waals surface area contributed by atoms with Gasteiger partial charge in [-0.05, 0) is 16.7 Å². The molecule has 4 aromatic rings. The summed E-state index contributed by atoms with van der Waals surface area (Å²) in [4.78, 5) is 34.9. The zero-order valence-corrected chi connectivity index (χ0v) is 24.3. The predicted octanol–water partition coefficient (Wildman–Crippen LogP) is 3.37. The summed E-state index contributed by atoms with van der Waals surface area (Å²) in [6.45, 7) is -1.32. The van der Waals surface area contributed by atoms with Crippen LogP contribution in [0.2, 0.25) is 0 Å². The molecule has 1 aromatic heterocycles. The van der Waals surface area contributed by atoms with Gasteiger partial charge >= 0.3 is 10.3 Å². The maximum Gasteiger partial charge on any atom is 0.362 e. The Balaban J connectivity index is 1.50. The quantitative estimate of drug-likeness (QED) is 0.0757. The molecule has 5 rings (SSSR count). The van der Waals surface area contributed by atoms with Gasteiger partial charge in [-0.1, -0.05) is 96.2 Å². The molecule has 1 saturated heterocycles. The summed E-state index contributed by atoms with van der Waals surface area (Å²) in [5.74, 6) is -2.14. The van der Waals surface area contributed by atoms with Gasteiger partial charge in [0.2, 0.25) is 0 Å². The Morgan fingerprint density at radius 1 is 1.02 bits per heavy atom. The van der Waals surface area contributed by atoms with E-state index in [4.69, 9.17) is 4.84 Å². The number of amides is 2. The van der Waals surface area contributed by atoms with Gasteiger partial charge in [0.1, 0.15) is 37.1 Å². The summed E-state index contributed by atoms with van der Waals surface area (Å²) in [5, 5.41) is 11.6. The first-order valence-electron chi connectivity index (χ1n) is 12.9. The highest BCUT2D eigenvalue weighted by Crippen LogP contribution is 2.40. The number of halogens is 1. The van der Waals surface area contributed by atoms with E-state index in [-0.39, 0.29) is 15.7 Å². The fourth-order valence-electron chi connectivity index (χ4n) is 5.00. The number of thiazole rings is 1. The first kappa shape index (κ1) is 29.8. The van der Waals surface area contributed by atoms with E-state index < -0.39 is 46.4 Å². The van der Waals surface area contributed by atoms with Crippen molar-refractivity contribution in [2.75, 3.05) is 19.1 Å². The van der Waals surface area contributed by atoms with Crippen LogP contribution in [0.4, 0.5) is 9.52 Å². The summed E-state index contributed by atoms with van der Waals surface area (Å²) in [6.07, 6.45) is 0. The number of carbonyl (C=O) groups excluding carboxylic acids is 2. The second-order valence-corrected chi connectivity index (χ2v) is 11.6. The number of oxime groups is 1. The highest BCUT2D eigenvalue weighted by Gasteiger charge is 2.54. The van der Waals surface area contributed by atoms with Crippen LogP contribution in [-0.2, 0) is 30.3 Å². The van der Waals surface area contributed by atoms with Crippen LogP contribution in [0.15, 0.2) is 102 Å². The zero-order chi connectivity index (χ0) is 30.6. The molecule has 3 N–H and O–H groups in total. The van der Waals surface area contributed by atoms with E-state index in [1.807, 2.05) is 91.0 Å². The lowest BCUT2D eigenvalue weighted by Crippen LogP contribution is -2.73. The molecule has 0 aliphatic carbocycles. The average Bonchev–Trinajstić information content (AvgIpc) is 3.48. The van der Waals surface area contributed by atoms with E-state index in [1.165, 1.54) is 18.4 Å². The van der Waals surface area contributed by atoms with Crippen LogP contribution in [0.25, 0.3) is 0 Å². The first-order chi connectivity index (χ1) is 20.7. The summed E-state index contributed by atoms with van der Waals surface area (Å²) < 4.78 is 45.6. The lowest BCUT2D eigenvalue weighted by Gasteiger charge is -2.42. The lowest BCUT2D eigenvalue weighted by atomic mass is 9.77. The van der Waals surface area contributed by atoms with Crippen molar-refractivity contribution in [2.45, 2.75) is 17.6 Å². The van der Waals surface area contributed by atoms with Crippen LogP contribution in [0.1, 0.15) is 22.4 Å². The predicted molar refractivity (Wildman–Crippen MR) is 159 cm³/mol. The molecule has 2 atom stereocenters. The van der Waals surface area contributed by atoms with Crippen molar-refractivity contribution in [3.8, 4) is 0 Å². The van der Waals surface area contributed by atoms with Gasteiger partial charge in [0, 0.05) is 5.38 Å². The van der Waals surface area contributed by atoms with Gasteiger partial charge in [-0.15, -0.1) is 11.3 Å². The molecule has 2 unspecified atom stereocenters. The van der Waals surface area contributed by atoms with Gasteiger partial charge in [0.15, 0.2) is 10.8 Å². The van der Waals surface area contributed by atoms with E-state index in [1.54, 1.807) is 5.38 Å². The minimum absolute atomic E-state index is 0.0215. The first-order valence-corrected chi connectivity index (χ1v) is 15.2. The molecular formula is C29H26FN5O6S2. The van der Waals surface area contributed by atoms with Gasteiger partial charge in [0.05, 0.1) is 0 Å². The van der Waals surface area contributed by atoms with Crippen LogP contribution < -0.4 is 10.6 Å². The van der Waals surface area contributed by atoms with Crippen molar-refractivity contribution in [1.82, 2.24) is 14.6 Å². The number of hydrogen-bond acceptors (Lipinski definition) is 9. The largest absolute Gasteiger partial charge is 0.398 e. The minimum Gasteiger partial charge on any atom is -0.398 e. The molecule has 43 heavy (non-hydrogen) atoms. The molecule has 222 valence electrons. The fraction of sp³-hybridized carbons (Fsp3) is 0.172. The van der Waals surface area contributed by atoms with Crippen LogP contribution in [-0.4, -0.2) is 65.7 Å². The Hall–Kier alpha value is -4.66. The molecule has 1 aliphatic rings. The highest BCUT2D eigenvalue weighted by molar-refractivity contribution is 7.84. The van der Waals surface area contributed by atoms with Crippen LogP contribution in [0.3, 0.4) is 0 Å². The van der Waals surface area contributed by atoms with E-state index in [2.05, 4.69) is 20.8 Å². The molecule has 3 aromatic carbocycles. The fourth-order valence-corrected chi connectivity index (χ4v) is 6.61. The van der Waals surface area contributed by atoms with Gasteiger partial charge in [0.25, 0.3) is 11.8 Å². The zero-order valence-electron chi connectivity index (χ0n) is 22.6. The van der Waals surface area contributed by atoms with Gasteiger partial charge in [-0.3, -0.25) is 14.1 Å². The maximum absolute atomic E-state index is 13.6. The molecule has 0 bridgehead atoms. The van der Waals surface area contributed by atoms with Crippen LogP contribution in [0, 0.1) is 0 Å². The van der Waals surface area contributed by atoms with Gasteiger partial charge in [-0.25, -0.2) is 13.7 Å². The molecule has 14 heteroatoms. The average molecular weight is 624 g/mol. The molecule has 0 spiro atoms. The van der Waals surface area contributed by atoms with Crippen molar-refractivity contribution >= 4 is 44.3 Å². The third kappa shape index (κ3) is 5.71. The second kappa shape index (κ2) is 12.3. The van der Waals surface area contributed by atoms with Crippen LogP contribution >= 0.6 is 11.3 Å². The Labute approximate surface area is 250 Å². The number of nitrogens with zero attached hydrogens (tertiary/aromatic N) is 3. The van der Waals surface area contributed by atoms with Crippen molar-refractivity contribution in [2.24, 2.45) is 5.16 Å². The Kier molecular flexibility index (Phi) is 8.52. The number of nitrogens with one attached hydrogen (secondary N) is 2. The Morgan fingerprint density at radius 2 is 1.53 bits per heavy atom. The number of carbonyl (C=O) groups is 2. The third-order valence-electron chi connectivity index (χ3n) is 6.92. The molecule has 0 saturated carbocycles. The van der Waals surface area contributed by atoms with E-state index in [0.29, 0.717) is 5.13 Å². The topological polar surface area (TPSA) is 150 Å². The monoisotopic (exact) mass is 623 g/mol. The molecule has 2 amide bonds. The number of aromatic nitrogens is 1. The number of rotatable bonds is 11. The maximum atomic E-state index is 13.6. The summed E-state index contributed by atoms with van der Waals surface area (Å²) in [7, 11) is -3.78. The van der Waals surface area contributed by atoms with Gasteiger partial charge < -0.3 is 15.5 Å². The number of benzene rings is 3. The molecule has 0 radical (unpaired) electrons. The van der Waals surface area contributed by atoms with Crippen molar-refractivity contribution in [3.63, 3.8) is 0 Å². The second-order valence-electron chi connectivity index (χ2n) is 9.42. The van der Waals surface area contributed by atoms with E-state index >= 15 is 0 Å². The van der Waals surface area contributed by atoms with Gasteiger partial charge in [-0.2, -0.15) is 8.42 Å². The van der Waals surface area contributed by atoms with Crippen LogP contribution in [0.5, 0.6) is 0 Å². The Morgan fingerprint density at radius 3 is 1.98 bits per heavy atom. The summed E-state index contributed by atoms with van der Waals surface area (Å²) in [5.41, 5.74) is 1.65. The number of alkyl halides is 1. The summed E-state index contributed by atoms with van der Waals surface area (Å²) in [6, 6.07) is 26.3. The lowest BCUT2D eigenvalue weighted by molar-refractivity contribution is -0.145. The smallest absolute Gasteiger partial charge is 0.362 e.